The Bertz CT molecular complexity index is 1020. The molecule has 174 valence electrons. The first kappa shape index (κ1) is 23.8. The predicted molar refractivity (Wildman–Crippen MR) is 123 cm³/mol. The van der Waals surface area contributed by atoms with E-state index in [2.05, 4.69) is 5.32 Å². The fourth-order valence-corrected chi connectivity index (χ4v) is 3.81. The first-order chi connectivity index (χ1) is 16.0. The number of benzene rings is 2. The third kappa shape index (κ3) is 5.69. The molecule has 9 heteroatoms. The van der Waals surface area contributed by atoms with Crippen molar-refractivity contribution in [2.75, 3.05) is 7.05 Å². The number of nitrogens with two attached hydrogens (primary N) is 2. The lowest BCUT2D eigenvalue weighted by atomic mass is 10.1. The molecule has 0 bridgehead atoms. The summed E-state index contributed by atoms with van der Waals surface area (Å²) in [5, 5.41) is 4.07. The molecule has 0 aliphatic carbocycles. The highest BCUT2D eigenvalue weighted by molar-refractivity contribution is 6.01. The molecule has 0 saturated carbocycles. The summed E-state index contributed by atoms with van der Waals surface area (Å²) in [6, 6.07) is 12.4. The van der Waals surface area contributed by atoms with Crippen LogP contribution in [0.1, 0.15) is 39.9 Å². The molecule has 0 saturated heterocycles. The van der Waals surface area contributed by atoms with Gasteiger partial charge in [-0.15, -0.1) is 0 Å². The van der Waals surface area contributed by atoms with E-state index in [1.165, 1.54) is 23.2 Å². The Balaban J connectivity index is 1.70. The van der Waals surface area contributed by atoms with Gasteiger partial charge in [0, 0.05) is 37.0 Å². The Hall–Kier alpha value is -3.85. The molecule has 2 aromatic rings. The highest BCUT2D eigenvalue weighted by atomic mass is 16.5. The minimum atomic E-state index is -0.711. The SMILES string of the molecule is CNC(=O)C(CCC=O)N1Cc2c(OCc3ccc(CN(N)/C=C\N)cc3)cccc2C1=O. The topological polar surface area (TPSA) is 131 Å². The Labute approximate surface area is 192 Å². The highest BCUT2D eigenvalue weighted by Crippen LogP contribution is 2.33. The summed E-state index contributed by atoms with van der Waals surface area (Å²) < 4.78 is 6.04. The van der Waals surface area contributed by atoms with Crippen LogP contribution in [0.3, 0.4) is 0 Å². The molecule has 0 fully saturated rings. The van der Waals surface area contributed by atoms with Crippen LogP contribution >= 0.6 is 0 Å². The number of fused-ring (bicyclic) bond motifs is 1. The molecule has 2 aromatic carbocycles. The Kier molecular flexibility index (Phi) is 8.04. The molecule has 1 unspecified atom stereocenters. The van der Waals surface area contributed by atoms with Gasteiger partial charge in [0.1, 0.15) is 24.7 Å². The van der Waals surface area contributed by atoms with Crippen molar-refractivity contribution in [2.24, 2.45) is 11.6 Å². The van der Waals surface area contributed by atoms with Crippen molar-refractivity contribution in [1.82, 2.24) is 15.2 Å². The standard InChI is InChI=1S/C24H29N5O4/c1-27-23(31)21(5-3-13-30)29-15-20-19(24(29)32)4-2-6-22(20)33-16-18-9-7-17(8-10-18)14-28(26)12-11-25/h2,4,6-13,21H,3,5,14-16,25-26H2,1H3,(H,27,31)/b12-11-. The molecule has 1 atom stereocenters. The molecular weight excluding hydrogens is 422 g/mol. The first-order valence-electron chi connectivity index (χ1n) is 10.7. The molecule has 5 N–H and O–H groups in total. The zero-order chi connectivity index (χ0) is 23.8. The number of amides is 2. The van der Waals surface area contributed by atoms with E-state index in [0.717, 1.165) is 23.0 Å². The second-order valence-electron chi connectivity index (χ2n) is 7.71. The number of hydrazine groups is 1. The molecule has 0 spiro atoms. The summed E-state index contributed by atoms with van der Waals surface area (Å²) in [4.78, 5) is 37.7. The Morgan fingerprint density at radius 3 is 2.64 bits per heavy atom. The average Bonchev–Trinajstić information content (AvgIpc) is 3.15. The van der Waals surface area contributed by atoms with Crippen LogP contribution in [0.4, 0.5) is 0 Å². The third-order valence-corrected chi connectivity index (χ3v) is 5.50. The summed E-state index contributed by atoms with van der Waals surface area (Å²) in [5.41, 5.74) is 8.58. The molecule has 1 aliphatic rings. The van der Waals surface area contributed by atoms with Crippen LogP contribution in [0, 0.1) is 0 Å². The van der Waals surface area contributed by atoms with Crippen molar-refractivity contribution in [3.05, 3.63) is 77.1 Å². The van der Waals surface area contributed by atoms with Crippen molar-refractivity contribution in [3.8, 4) is 5.75 Å². The maximum absolute atomic E-state index is 13.0. The van der Waals surface area contributed by atoms with E-state index in [4.69, 9.17) is 16.3 Å². The fraction of sp³-hybridized carbons (Fsp3) is 0.292. The van der Waals surface area contributed by atoms with Gasteiger partial charge < -0.3 is 30.5 Å². The normalized spacial score (nSPS) is 13.6. The maximum atomic E-state index is 13.0. The van der Waals surface area contributed by atoms with Crippen LogP contribution in [0.15, 0.2) is 54.9 Å². The fourth-order valence-electron chi connectivity index (χ4n) is 3.81. The summed E-state index contributed by atoms with van der Waals surface area (Å²) in [6.45, 7) is 1.10. The van der Waals surface area contributed by atoms with Crippen LogP contribution in [0.2, 0.25) is 0 Å². The van der Waals surface area contributed by atoms with Gasteiger partial charge in [0.25, 0.3) is 5.91 Å². The number of ether oxygens (including phenoxy) is 1. The largest absolute Gasteiger partial charge is 0.489 e. The number of likely N-dealkylation sites (N-methyl/N-ethyl adjacent to an activating group) is 1. The minimum Gasteiger partial charge on any atom is -0.489 e. The summed E-state index contributed by atoms with van der Waals surface area (Å²) in [6.07, 6.45) is 4.19. The van der Waals surface area contributed by atoms with Gasteiger partial charge in [0.15, 0.2) is 0 Å². The summed E-state index contributed by atoms with van der Waals surface area (Å²) >= 11 is 0. The van der Waals surface area contributed by atoms with Crippen molar-refractivity contribution < 1.29 is 19.1 Å². The lowest BCUT2D eigenvalue weighted by Crippen LogP contribution is -2.46. The van der Waals surface area contributed by atoms with Crippen molar-refractivity contribution in [2.45, 2.75) is 38.6 Å². The van der Waals surface area contributed by atoms with Gasteiger partial charge >= 0.3 is 0 Å². The Morgan fingerprint density at radius 1 is 1.24 bits per heavy atom. The zero-order valence-corrected chi connectivity index (χ0v) is 18.6. The number of rotatable bonds is 11. The quantitative estimate of drug-likeness (QED) is 0.267. The molecule has 9 nitrogen and oxygen atoms in total. The van der Waals surface area contributed by atoms with Gasteiger partial charge in [-0.05, 0) is 29.7 Å². The molecule has 2 amide bonds. The van der Waals surface area contributed by atoms with Gasteiger partial charge in [-0.1, -0.05) is 30.3 Å². The second-order valence-corrected chi connectivity index (χ2v) is 7.71. The van der Waals surface area contributed by atoms with Crippen LogP contribution in [0.5, 0.6) is 5.75 Å². The van der Waals surface area contributed by atoms with E-state index in [9.17, 15) is 14.4 Å². The summed E-state index contributed by atoms with van der Waals surface area (Å²) in [5.74, 6) is 5.87. The molecule has 0 radical (unpaired) electrons. The van der Waals surface area contributed by atoms with Crippen LogP contribution < -0.4 is 21.6 Å². The first-order valence-corrected chi connectivity index (χ1v) is 10.7. The number of hydrogen-bond acceptors (Lipinski definition) is 7. The number of carbonyl (C=O) groups excluding carboxylic acids is 3. The van der Waals surface area contributed by atoms with Gasteiger partial charge in [0.2, 0.25) is 5.91 Å². The van der Waals surface area contributed by atoms with Gasteiger partial charge in [-0.25, -0.2) is 5.84 Å². The monoisotopic (exact) mass is 451 g/mol. The molecule has 3 rings (SSSR count). The minimum absolute atomic E-state index is 0.196. The molecular formula is C24H29N5O4. The smallest absolute Gasteiger partial charge is 0.255 e. The van der Waals surface area contributed by atoms with Gasteiger partial charge in [0.05, 0.1) is 13.1 Å². The molecule has 33 heavy (non-hydrogen) atoms. The van der Waals surface area contributed by atoms with E-state index in [1.54, 1.807) is 18.3 Å². The molecule has 1 heterocycles. The van der Waals surface area contributed by atoms with Crippen molar-refractivity contribution in [3.63, 3.8) is 0 Å². The zero-order valence-electron chi connectivity index (χ0n) is 18.6. The Morgan fingerprint density at radius 2 is 1.97 bits per heavy atom. The second kappa shape index (κ2) is 11.1. The van der Waals surface area contributed by atoms with Gasteiger partial charge in [-0.3, -0.25) is 9.59 Å². The van der Waals surface area contributed by atoms with E-state index in [-0.39, 0.29) is 31.2 Å². The number of nitrogens with zero attached hydrogens (tertiary/aromatic N) is 2. The maximum Gasteiger partial charge on any atom is 0.255 e. The lowest BCUT2D eigenvalue weighted by Gasteiger charge is -2.25. The number of carbonyl (C=O) groups is 3. The van der Waals surface area contributed by atoms with E-state index < -0.39 is 6.04 Å². The number of nitrogens with one attached hydrogen (secondary N) is 1. The van der Waals surface area contributed by atoms with Crippen molar-refractivity contribution >= 4 is 18.1 Å². The lowest BCUT2D eigenvalue weighted by molar-refractivity contribution is -0.125. The van der Waals surface area contributed by atoms with Crippen LogP contribution in [0.25, 0.3) is 0 Å². The van der Waals surface area contributed by atoms with Crippen LogP contribution in [-0.2, 0) is 29.3 Å². The summed E-state index contributed by atoms with van der Waals surface area (Å²) in [7, 11) is 1.52. The number of aldehydes is 1. The van der Waals surface area contributed by atoms with E-state index in [0.29, 0.717) is 24.5 Å². The van der Waals surface area contributed by atoms with Crippen molar-refractivity contribution in [1.29, 1.82) is 0 Å². The van der Waals surface area contributed by atoms with Gasteiger partial charge in [-0.2, -0.15) is 0 Å². The van der Waals surface area contributed by atoms with E-state index in [1.807, 2.05) is 30.3 Å². The predicted octanol–water partition coefficient (Wildman–Crippen LogP) is 1.42. The van der Waals surface area contributed by atoms with Crippen LogP contribution in [-0.4, -0.2) is 41.1 Å². The average molecular weight is 452 g/mol. The third-order valence-electron chi connectivity index (χ3n) is 5.50. The highest BCUT2D eigenvalue weighted by Gasteiger charge is 2.37. The molecule has 0 aromatic heterocycles. The number of hydrogen-bond donors (Lipinski definition) is 3. The van der Waals surface area contributed by atoms with E-state index >= 15 is 0 Å². The molecule has 1 aliphatic heterocycles.